The van der Waals surface area contributed by atoms with Gasteiger partial charge in [0.1, 0.15) is 0 Å². The zero-order valence-electron chi connectivity index (χ0n) is 17.5. The topological polar surface area (TPSA) is 91.5 Å². The summed E-state index contributed by atoms with van der Waals surface area (Å²) in [6.45, 7) is 5.33. The molecular weight excluding hydrogens is 382 g/mol. The minimum Gasteiger partial charge on any atom is -0.452 e. The molecule has 0 fully saturated rings. The third-order valence-corrected chi connectivity index (χ3v) is 5.01. The second kappa shape index (κ2) is 8.82. The van der Waals surface area contributed by atoms with Crippen molar-refractivity contribution in [1.29, 1.82) is 0 Å². The molecule has 156 valence electrons. The standard InChI is InChI=1S/C23H25N3O4/c1-14-5-8-18(9-6-14)25-21(27)12-26(4)22(28)13-30-23(29)17-7-10-20-19(11-17)15(2)16(3)24-20/h5-11,24H,12-13H2,1-4H3,(H,25,27). The van der Waals surface area contributed by atoms with Crippen LogP contribution < -0.4 is 5.32 Å². The quantitative estimate of drug-likeness (QED) is 0.613. The number of aryl methyl sites for hydroxylation is 3. The number of fused-ring (bicyclic) bond motifs is 1. The zero-order valence-corrected chi connectivity index (χ0v) is 17.5. The summed E-state index contributed by atoms with van der Waals surface area (Å²) < 4.78 is 5.15. The minimum atomic E-state index is -0.582. The van der Waals surface area contributed by atoms with E-state index in [-0.39, 0.29) is 12.5 Å². The Kier molecular flexibility index (Phi) is 6.20. The zero-order chi connectivity index (χ0) is 21.8. The number of esters is 1. The van der Waals surface area contributed by atoms with Gasteiger partial charge in [-0.25, -0.2) is 4.79 Å². The molecule has 2 aromatic carbocycles. The van der Waals surface area contributed by atoms with E-state index in [4.69, 9.17) is 4.74 Å². The van der Waals surface area contributed by atoms with E-state index in [0.29, 0.717) is 11.3 Å². The fraction of sp³-hybridized carbons (Fsp3) is 0.261. The molecule has 7 nitrogen and oxygen atoms in total. The summed E-state index contributed by atoms with van der Waals surface area (Å²) in [4.78, 5) is 41.2. The van der Waals surface area contributed by atoms with Crippen LogP contribution in [0, 0.1) is 20.8 Å². The van der Waals surface area contributed by atoms with Gasteiger partial charge in [-0.2, -0.15) is 0 Å². The normalized spacial score (nSPS) is 10.7. The molecule has 0 bridgehead atoms. The molecule has 2 N–H and O–H groups in total. The van der Waals surface area contributed by atoms with Crippen LogP contribution in [0.15, 0.2) is 42.5 Å². The Balaban J connectivity index is 1.52. The van der Waals surface area contributed by atoms with Gasteiger partial charge in [-0.3, -0.25) is 9.59 Å². The van der Waals surface area contributed by atoms with Gasteiger partial charge in [-0.05, 0) is 56.7 Å². The summed E-state index contributed by atoms with van der Waals surface area (Å²) >= 11 is 0. The van der Waals surface area contributed by atoms with Crippen LogP contribution in [-0.4, -0.2) is 47.9 Å². The summed E-state index contributed by atoms with van der Waals surface area (Å²) in [6, 6.07) is 12.6. The summed E-state index contributed by atoms with van der Waals surface area (Å²) in [5.41, 5.74) is 5.16. The number of aromatic amines is 1. The molecule has 1 heterocycles. The highest BCUT2D eigenvalue weighted by Gasteiger charge is 2.17. The van der Waals surface area contributed by atoms with Crippen LogP contribution in [0.1, 0.15) is 27.2 Å². The molecule has 3 aromatic rings. The Bertz CT molecular complexity index is 1100. The van der Waals surface area contributed by atoms with Gasteiger partial charge in [0.25, 0.3) is 5.91 Å². The second-order valence-electron chi connectivity index (χ2n) is 7.38. The van der Waals surface area contributed by atoms with Crippen LogP contribution in [0.3, 0.4) is 0 Å². The summed E-state index contributed by atoms with van der Waals surface area (Å²) in [5, 5.41) is 3.67. The monoisotopic (exact) mass is 407 g/mol. The van der Waals surface area contributed by atoms with Gasteiger partial charge in [0, 0.05) is 29.3 Å². The first kappa shape index (κ1) is 21.1. The first-order valence-corrected chi connectivity index (χ1v) is 9.61. The molecule has 3 rings (SSSR count). The highest BCUT2D eigenvalue weighted by atomic mass is 16.5. The van der Waals surface area contributed by atoms with Crippen molar-refractivity contribution < 1.29 is 19.1 Å². The van der Waals surface area contributed by atoms with Gasteiger partial charge in [-0.15, -0.1) is 0 Å². The van der Waals surface area contributed by atoms with Crippen LogP contribution in [0.2, 0.25) is 0 Å². The predicted molar refractivity (Wildman–Crippen MR) is 116 cm³/mol. The first-order chi connectivity index (χ1) is 14.2. The van der Waals surface area contributed by atoms with E-state index in [1.807, 2.05) is 39.0 Å². The predicted octanol–water partition coefficient (Wildman–Crippen LogP) is 3.35. The lowest BCUT2D eigenvalue weighted by Gasteiger charge is -2.17. The minimum absolute atomic E-state index is 0.141. The van der Waals surface area contributed by atoms with E-state index in [9.17, 15) is 14.4 Å². The molecule has 0 atom stereocenters. The maximum atomic E-state index is 12.3. The molecule has 0 aliphatic heterocycles. The van der Waals surface area contributed by atoms with Crippen LogP contribution in [-0.2, 0) is 14.3 Å². The van der Waals surface area contributed by atoms with Crippen molar-refractivity contribution in [3.05, 3.63) is 64.8 Å². The Morgan fingerprint density at radius 1 is 1.03 bits per heavy atom. The number of carbonyl (C=O) groups is 3. The Hall–Kier alpha value is -3.61. The number of hydrogen-bond donors (Lipinski definition) is 2. The molecular formula is C23H25N3O4. The van der Waals surface area contributed by atoms with E-state index in [0.717, 1.165) is 27.7 Å². The lowest BCUT2D eigenvalue weighted by atomic mass is 10.1. The van der Waals surface area contributed by atoms with E-state index in [1.54, 1.807) is 24.3 Å². The molecule has 0 aliphatic carbocycles. The maximum absolute atomic E-state index is 12.3. The number of carbonyl (C=O) groups excluding carboxylic acids is 3. The smallest absolute Gasteiger partial charge is 0.338 e. The largest absolute Gasteiger partial charge is 0.452 e. The van der Waals surface area contributed by atoms with Crippen molar-refractivity contribution in [3.63, 3.8) is 0 Å². The molecule has 2 amide bonds. The Morgan fingerprint density at radius 2 is 1.73 bits per heavy atom. The van der Waals surface area contributed by atoms with Crippen LogP contribution in [0.5, 0.6) is 0 Å². The number of aromatic nitrogens is 1. The number of nitrogens with one attached hydrogen (secondary N) is 2. The number of benzene rings is 2. The van der Waals surface area contributed by atoms with Gasteiger partial charge in [0.05, 0.1) is 12.1 Å². The number of ether oxygens (including phenoxy) is 1. The van der Waals surface area contributed by atoms with E-state index < -0.39 is 18.5 Å². The van der Waals surface area contributed by atoms with Crippen LogP contribution >= 0.6 is 0 Å². The molecule has 0 saturated carbocycles. The average molecular weight is 407 g/mol. The molecule has 0 aliphatic rings. The number of rotatable bonds is 6. The Labute approximate surface area is 175 Å². The van der Waals surface area contributed by atoms with Crippen LogP contribution in [0.4, 0.5) is 5.69 Å². The van der Waals surface area contributed by atoms with Crippen molar-refractivity contribution in [3.8, 4) is 0 Å². The SMILES string of the molecule is Cc1ccc(NC(=O)CN(C)C(=O)COC(=O)c2ccc3[nH]c(C)c(C)c3c2)cc1. The van der Waals surface area contributed by atoms with Crippen molar-refractivity contribution in [1.82, 2.24) is 9.88 Å². The second-order valence-corrected chi connectivity index (χ2v) is 7.38. The number of hydrogen-bond acceptors (Lipinski definition) is 4. The van der Waals surface area contributed by atoms with E-state index >= 15 is 0 Å². The van der Waals surface area contributed by atoms with Gasteiger partial charge in [0.15, 0.2) is 6.61 Å². The van der Waals surface area contributed by atoms with Gasteiger partial charge < -0.3 is 19.9 Å². The average Bonchev–Trinajstić information content (AvgIpc) is 3.00. The van der Waals surface area contributed by atoms with Gasteiger partial charge in [0.2, 0.25) is 5.91 Å². The fourth-order valence-corrected chi connectivity index (χ4v) is 3.05. The third kappa shape index (κ3) is 4.86. The van der Waals surface area contributed by atoms with Crippen molar-refractivity contribution in [2.45, 2.75) is 20.8 Å². The molecule has 0 unspecified atom stereocenters. The van der Waals surface area contributed by atoms with E-state index in [2.05, 4.69) is 10.3 Å². The Morgan fingerprint density at radius 3 is 2.43 bits per heavy atom. The third-order valence-electron chi connectivity index (χ3n) is 5.01. The fourth-order valence-electron chi connectivity index (χ4n) is 3.05. The molecule has 7 heteroatoms. The highest BCUT2D eigenvalue weighted by Crippen LogP contribution is 2.22. The number of H-pyrrole nitrogens is 1. The maximum Gasteiger partial charge on any atom is 0.338 e. The molecule has 0 radical (unpaired) electrons. The van der Waals surface area contributed by atoms with Crippen LogP contribution in [0.25, 0.3) is 10.9 Å². The number of likely N-dealkylation sites (N-methyl/N-ethyl adjacent to an activating group) is 1. The van der Waals surface area contributed by atoms with Crippen molar-refractivity contribution in [2.75, 3.05) is 25.5 Å². The molecule has 30 heavy (non-hydrogen) atoms. The molecule has 1 aromatic heterocycles. The lowest BCUT2D eigenvalue weighted by Crippen LogP contribution is -2.37. The summed E-state index contributed by atoms with van der Waals surface area (Å²) in [5.74, 6) is -1.37. The summed E-state index contributed by atoms with van der Waals surface area (Å²) in [6.07, 6.45) is 0. The number of anilines is 1. The van der Waals surface area contributed by atoms with Gasteiger partial charge >= 0.3 is 5.97 Å². The number of amides is 2. The van der Waals surface area contributed by atoms with Gasteiger partial charge in [-0.1, -0.05) is 17.7 Å². The first-order valence-electron chi connectivity index (χ1n) is 9.61. The summed E-state index contributed by atoms with van der Waals surface area (Å²) in [7, 11) is 1.49. The van der Waals surface area contributed by atoms with Crippen molar-refractivity contribution in [2.24, 2.45) is 0 Å². The molecule has 0 saturated heterocycles. The molecule has 0 spiro atoms. The van der Waals surface area contributed by atoms with Crippen molar-refractivity contribution >= 4 is 34.4 Å². The van der Waals surface area contributed by atoms with E-state index in [1.165, 1.54) is 11.9 Å². The number of nitrogens with zero attached hydrogens (tertiary/aromatic N) is 1. The lowest BCUT2D eigenvalue weighted by molar-refractivity contribution is -0.136. The highest BCUT2D eigenvalue weighted by molar-refractivity contribution is 5.97.